The molecule has 16 heteroatoms. The number of ether oxygens (including phenoxy) is 1. The van der Waals surface area contributed by atoms with E-state index in [2.05, 4.69) is 31.3 Å². The quantitative estimate of drug-likeness (QED) is 0.201. The summed E-state index contributed by atoms with van der Waals surface area (Å²) in [6.45, 7) is 4.27. The molecule has 236 valence electrons. The van der Waals surface area contributed by atoms with Gasteiger partial charge in [-0.1, -0.05) is 28.4 Å². The number of halogens is 2. The monoisotopic (exact) mass is 656 g/mol. The summed E-state index contributed by atoms with van der Waals surface area (Å²) in [5, 5.41) is 15.1. The minimum absolute atomic E-state index is 0.0114. The average molecular weight is 658 g/mol. The first-order chi connectivity index (χ1) is 21.6. The molecule has 4 amide bonds. The van der Waals surface area contributed by atoms with E-state index in [0.29, 0.717) is 41.8 Å². The Bertz CT molecular complexity index is 1740. The Hall–Kier alpha value is -4.63. The molecule has 4 aromatic rings. The van der Waals surface area contributed by atoms with E-state index in [1.54, 1.807) is 37.1 Å². The summed E-state index contributed by atoms with van der Waals surface area (Å²) < 4.78 is 13.6. The zero-order valence-corrected chi connectivity index (χ0v) is 25.9. The van der Waals surface area contributed by atoms with Gasteiger partial charge >= 0.3 is 0 Å². The number of amides is 4. The van der Waals surface area contributed by atoms with E-state index >= 15 is 0 Å². The van der Waals surface area contributed by atoms with Crippen molar-refractivity contribution in [2.24, 2.45) is 14.1 Å². The third-order valence-electron chi connectivity index (χ3n) is 6.97. The zero-order valence-electron chi connectivity index (χ0n) is 24.4. The molecule has 1 fully saturated rings. The number of hydrogen-bond acceptors (Lipinski definition) is 8. The van der Waals surface area contributed by atoms with Crippen LogP contribution < -0.4 is 21.3 Å². The van der Waals surface area contributed by atoms with Crippen molar-refractivity contribution in [1.82, 2.24) is 24.5 Å². The number of nitrogens with zero attached hydrogens (tertiary/aromatic N) is 4. The maximum atomic E-state index is 13.0. The Morgan fingerprint density at radius 2 is 1.44 bits per heavy atom. The first kappa shape index (κ1) is 31.8. The molecule has 1 saturated heterocycles. The van der Waals surface area contributed by atoms with Crippen LogP contribution in [0.1, 0.15) is 41.9 Å². The van der Waals surface area contributed by atoms with Gasteiger partial charge in [-0.15, -0.1) is 0 Å². The molecular formula is C29H30Cl2N8O6. The second-order valence-corrected chi connectivity index (χ2v) is 11.0. The Morgan fingerprint density at radius 3 is 2.11 bits per heavy atom. The molecule has 0 spiro atoms. The lowest BCUT2D eigenvalue weighted by Gasteiger charge is -2.26. The van der Waals surface area contributed by atoms with Crippen LogP contribution in [0.3, 0.4) is 0 Å². The molecular weight excluding hydrogens is 627 g/mol. The molecule has 4 heterocycles. The molecule has 4 N–H and O–H groups in total. The number of rotatable bonds is 10. The summed E-state index contributed by atoms with van der Waals surface area (Å²) in [7, 11) is 3.37. The summed E-state index contributed by atoms with van der Waals surface area (Å²) in [6, 6.07) is 8.71. The molecule has 5 rings (SSSR count). The Morgan fingerprint density at radius 1 is 0.800 bits per heavy atom. The van der Waals surface area contributed by atoms with Gasteiger partial charge in [-0.3, -0.25) is 24.1 Å². The third kappa shape index (κ3) is 7.91. The maximum absolute atomic E-state index is 13.0. The van der Waals surface area contributed by atoms with Crippen LogP contribution in [0.5, 0.6) is 0 Å². The lowest BCUT2D eigenvalue weighted by atomic mass is 10.2. The van der Waals surface area contributed by atoms with E-state index in [1.807, 2.05) is 0 Å². The van der Waals surface area contributed by atoms with Crippen molar-refractivity contribution < 1.29 is 28.4 Å². The van der Waals surface area contributed by atoms with Crippen LogP contribution in [-0.2, 0) is 18.8 Å². The smallest absolute Gasteiger partial charge is 0.294 e. The molecule has 0 unspecified atom stereocenters. The van der Waals surface area contributed by atoms with E-state index in [9.17, 15) is 19.2 Å². The predicted molar refractivity (Wildman–Crippen MR) is 167 cm³/mol. The summed E-state index contributed by atoms with van der Waals surface area (Å²) in [5.41, 5.74) is 1.64. The summed E-state index contributed by atoms with van der Waals surface area (Å²) in [4.78, 5) is 53.2. The van der Waals surface area contributed by atoms with Crippen LogP contribution >= 0.6 is 23.2 Å². The van der Waals surface area contributed by atoms with Crippen molar-refractivity contribution >= 4 is 64.0 Å². The van der Waals surface area contributed by atoms with E-state index in [-0.39, 0.29) is 33.8 Å². The number of hydrogen-bond donors (Lipinski definition) is 4. The Labute approximate surface area is 267 Å². The van der Waals surface area contributed by atoms with Crippen molar-refractivity contribution in [3.8, 4) is 0 Å². The summed E-state index contributed by atoms with van der Waals surface area (Å²) in [5.74, 6) is -2.04. The molecule has 1 aromatic carbocycles. The lowest BCUT2D eigenvalue weighted by Crippen LogP contribution is -2.41. The summed E-state index contributed by atoms with van der Waals surface area (Å²) in [6.07, 6.45) is 3.19. The van der Waals surface area contributed by atoms with Gasteiger partial charge in [-0.2, -0.15) is 0 Å². The van der Waals surface area contributed by atoms with Gasteiger partial charge in [0, 0.05) is 64.3 Å². The SMILES string of the molecule is Cn1cc(NC(=O)c2cc(NC(=O)c3cc(NC(=O)c4ccc(Cl)c(Cl)c4)no3)cn2C)cc1C(=O)NCCN1CCOCC1. The number of aromatic nitrogens is 3. The van der Waals surface area contributed by atoms with Gasteiger partial charge < -0.3 is 39.7 Å². The Kier molecular flexibility index (Phi) is 9.88. The van der Waals surface area contributed by atoms with Crippen molar-refractivity contribution in [1.29, 1.82) is 0 Å². The van der Waals surface area contributed by atoms with Crippen molar-refractivity contribution in [2.75, 3.05) is 55.3 Å². The molecule has 3 aromatic heterocycles. The first-order valence-corrected chi connectivity index (χ1v) is 14.6. The second-order valence-electron chi connectivity index (χ2n) is 10.2. The normalized spacial score (nSPS) is 13.3. The molecule has 0 aliphatic carbocycles. The standard InChI is InChI=1S/C29H30Cl2N8O6/c1-37-15-18(12-22(37)27(41)32-5-6-39-7-9-44-10-8-39)33-28(42)23-13-19(16-38(23)2)34-29(43)24-14-25(36-45-24)35-26(40)17-3-4-20(30)21(31)11-17/h3-4,11-16H,5-10H2,1-2H3,(H,32,41)(H,33,42)(H,34,43)(H,35,36,40). The third-order valence-corrected chi connectivity index (χ3v) is 7.70. The molecule has 14 nitrogen and oxygen atoms in total. The highest BCUT2D eigenvalue weighted by Crippen LogP contribution is 2.23. The number of anilines is 3. The molecule has 0 saturated carbocycles. The predicted octanol–water partition coefficient (Wildman–Crippen LogP) is 3.48. The van der Waals surface area contributed by atoms with Crippen molar-refractivity contribution in [3.05, 3.63) is 81.5 Å². The second kappa shape index (κ2) is 14.0. The van der Waals surface area contributed by atoms with Crippen LogP contribution in [0.2, 0.25) is 10.0 Å². The maximum Gasteiger partial charge on any atom is 0.294 e. The van der Waals surface area contributed by atoms with E-state index in [0.717, 1.165) is 19.6 Å². The minimum atomic E-state index is -0.651. The highest BCUT2D eigenvalue weighted by atomic mass is 35.5. The van der Waals surface area contributed by atoms with E-state index in [4.69, 9.17) is 32.5 Å². The van der Waals surface area contributed by atoms with Crippen LogP contribution in [0.4, 0.5) is 17.2 Å². The molecule has 0 atom stereocenters. The fourth-order valence-corrected chi connectivity index (χ4v) is 4.91. The van der Waals surface area contributed by atoms with Crippen LogP contribution in [-0.4, -0.2) is 82.2 Å². The van der Waals surface area contributed by atoms with Gasteiger partial charge in [-0.25, -0.2) is 0 Å². The number of carbonyl (C=O) groups is 4. The van der Waals surface area contributed by atoms with Crippen molar-refractivity contribution in [3.63, 3.8) is 0 Å². The first-order valence-electron chi connectivity index (χ1n) is 13.8. The highest BCUT2D eigenvalue weighted by Gasteiger charge is 2.20. The fraction of sp³-hybridized carbons (Fsp3) is 0.276. The molecule has 0 bridgehead atoms. The molecule has 0 radical (unpaired) electrons. The zero-order chi connectivity index (χ0) is 32.1. The van der Waals surface area contributed by atoms with Crippen LogP contribution in [0.25, 0.3) is 0 Å². The van der Waals surface area contributed by atoms with Crippen molar-refractivity contribution in [2.45, 2.75) is 0 Å². The van der Waals surface area contributed by atoms with E-state index in [1.165, 1.54) is 34.9 Å². The molecule has 1 aliphatic rings. The average Bonchev–Trinajstić information content (AvgIpc) is 3.73. The number of aryl methyl sites for hydroxylation is 2. The number of morpholine rings is 1. The van der Waals surface area contributed by atoms with E-state index < -0.39 is 17.7 Å². The summed E-state index contributed by atoms with van der Waals surface area (Å²) >= 11 is 11.9. The number of benzene rings is 1. The number of nitrogens with one attached hydrogen (secondary N) is 4. The largest absolute Gasteiger partial charge is 0.379 e. The van der Waals surface area contributed by atoms with Gasteiger partial charge in [-0.05, 0) is 30.3 Å². The number of carbonyl (C=O) groups excluding carboxylic acids is 4. The molecule has 45 heavy (non-hydrogen) atoms. The minimum Gasteiger partial charge on any atom is -0.379 e. The van der Waals surface area contributed by atoms with Gasteiger partial charge in [0.15, 0.2) is 5.82 Å². The van der Waals surface area contributed by atoms with Crippen LogP contribution in [0, 0.1) is 0 Å². The fourth-order valence-electron chi connectivity index (χ4n) is 4.61. The highest BCUT2D eigenvalue weighted by molar-refractivity contribution is 6.42. The topological polar surface area (TPSA) is 165 Å². The van der Waals surface area contributed by atoms with Gasteiger partial charge in [0.2, 0.25) is 5.76 Å². The lowest BCUT2D eigenvalue weighted by molar-refractivity contribution is 0.0383. The van der Waals surface area contributed by atoms with Gasteiger partial charge in [0.05, 0.1) is 34.6 Å². The Balaban J connectivity index is 1.15. The molecule has 1 aliphatic heterocycles. The van der Waals surface area contributed by atoms with Crippen LogP contribution in [0.15, 0.2) is 53.3 Å². The van der Waals surface area contributed by atoms with Gasteiger partial charge in [0.25, 0.3) is 23.6 Å². The van der Waals surface area contributed by atoms with Gasteiger partial charge in [0.1, 0.15) is 11.4 Å².